The number of benzene rings is 2. The van der Waals surface area contributed by atoms with E-state index in [4.69, 9.17) is 14.9 Å². The summed E-state index contributed by atoms with van der Waals surface area (Å²) in [6.45, 7) is 0.867. The van der Waals surface area contributed by atoms with E-state index in [1.807, 2.05) is 24.4 Å². The topological polar surface area (TPSA) is 107 Å². The lowest BCUT2D eigenvalue weighted by Crippen LogP contribution is -2.46. The minimum atomic E-state index is -4.63. The Morgan fingerprint density at radius 2 is 1.85 bits per heavy atom. The molecule has 0 atom stereocenters. The summed E-state index contributed by atoms with van der Waals surface area (Å²) in [6, 6.07) is 15.4. The van der Waals surface area contributed by atoms with Gasteiger partial charge in [-0.2, -0.15) is 13.2 Å². The molecule has 4 aromatic rings. The first-order chi connectivity index (χ1) is 19.2. The first-order valence-electron chi connectivity index (χ1n) is 12.7. The summed E-state index contributed by atoms with van der Waals surface area (Å²) in [5, 5.41) is 0.334. The first kappa shape index (κ1) is 27.3. The number of nitrogens with two attached hydrogens (primary N) is 1. The highest BCUT2D eigenvalue weighted by Gasteiger charge is 2.38. The lowest BCUT2D eigenvalue weighted by atomic mass is 9.73. The van der Waals surface area contributed by atoms with Crippen LogP contribution in [0.15, 0.2) is 64.0 Å². The summed E-state index contributed by atoms with van der Waals surface area (Å²) >= 11 is 0. The predicted molar refractivity (Wildman–Crippen MR) is 144 cm³/mol. The fourth-order valence-corrected chi connectivity index (χ4v) is 5.24. The van der Waals surface area contributed by atoms with Gasteiger partial charge in [-0.05, 0) is 42.7 Å². The smallest absolute Gasteiger partial charge is 0.433 e. The minimum absolute atomic E-state index is 0.000991. The standard InChI is InChI=1S/C29H28F3N5O3/c1-34-17-28(18-6-4-3-5-7-18)12-14-37(15-13-28)27(38)25-22(16-33)40-26(36-25)20-8-10-21(39-2)24-19(20)9-11-23(35-24)29(30,31)32/h3-11,17H,12-16,33H2,1-2H3. The van der Waals surface area contributed by atoms with Crippen molar-refractivity contribution in [2.75, 3.05) is 27.2 Å². The second kappa shape index (κ2) is 10.7. The van der Waals surface area contributed by atoms with Crippen molar-refractivity contribution in [3.63, 3.8) is 0 Å². The average Bonchev–Trinajstić information content (AvgIpc) is 3.40. The van der Waals surface area contributed by atoms with Gasteiger partial charge in [-0.15, -0.1) is 0 Å². The second-order valence-electron chi connectivity index (χ2n) is 9.60. The van der Waals surface area contributed by atoms with Crippen molar-refractivity contribution in [1.29, 1.82) is 0 Å². The van der Waals surface area contributed by atoms with Gasteiger partial charge in [0.05, 0.1) is 13.7 Å². The van der Waals surface area contributed by atoms with E-state index >= 15 is 0 Å². The number of aliphatic imine (C=N–C) groups is 1. The van der Waals surface area contributed by atoms with Crippen LogP contribution in [0.4, 0.5) is 13.2 Å². The molecule has 1 fully saturated rings. The predicted octanol–water partition coefficient (Wildman–Crippen LogP) is 5.25. The maximum atomic E-state index is 13.6. The van der Waals surface area contributed by atoms with Crippen LogP contribution >= 0.6 is 0 Å². The number of amides is 1. The molecule has 0 unspecified atom stereocenters. The van der Waals surface area contributed by atoms with Crippen molar-refractivity contribution in [2.24, 2.45) is 10.7 Å². The van der Waals surface area contributed by atoms with Gasteiger partial charge in [0, 0.05) is 42.7 Å². The Labute approximate surface area is 228 Å². The number of oxazole rings is 1. The molecule has 0 radical (unpaired) electrons. The number of pyridine rings is 1. The number of piperidine rings is 1. The molecule has 3 heterocycles. The molecule has 8 nitrogen and oxygen atoms in total. The molecule has 0 spiro atoms. The van der Waals surface area contributed by atoms with Gasteiger partial charge in [-0.1, -0.05) is 30.3 Å². The summed E-state index contributed by atoms with van der Waals surface area (Å²) in [4.78, 5) is 27.9. The number of rotatable bonds is 6. The molecule has 5 rings (SSSR count). The number of likely N-dealkylation sites (tertiary alicyclic amines) is 1. The Kier molecular flexibility index (Phi) is 7.33. The van der Waals surface area contributed by atoms with Gasteiger partial charge in [-0.3, -0.25) is 9.79 Å². The number of alkyl halides is 3. The zero-order valence-corrected chi connectivity index (χ0v) is 22.0. The molecular weight excluding hydrogens is 523 g/mol. The van der Waals surface area contributed by atoms with Gasteiger partial charge in [0.25, 0.3) is 5.91 Å². The molecular formula is C29H28F3N5O3. The van der Waals surface area contributed by atoms with Crippen molar-refractivity contribution < 1.29 is 27.1 Å². The van der Waals surface area contributed by atoms with Crippen molar-refractivity contribution in [2.45, 2.75) is 31.0 Å². The van der Waals surface area contributed by atoms with Crippen molar-refractivity contribution in [1.82, 2.24) is 14.9 Å². The zero-order valence-electron chi connectivity index (χ0n) is 22.0. The third-order valence-electron chi connectivity index (χ3n) is 7.31. The lowest BCUT2D eigenvalue weighted by Gasteiger charge is -2.39. The van der Waals surface area contributed by atoms with Gasteiger partial charge in [0.2, 0.25) is 5.89 Å². The Bertz CT molecular complexity index is 1560. The van der Waals surface area contributed by atoms with Crippen LogP contribution in [0.1, 0.15) is 40.3 Å². The number of ether oxygens (including phenoxy) is 1. The molecule has 2 aromatic heterocycles. The number of methoxy groups -OCH3 is 1. The Balaban J connectivity index is 1.46. The monoisotopic (exact) mass is 551 g/mol. The summed E-state index contributed by atoms with van der Waals surface area (Å²) in [5.41, 5.74) is 6.19. The fourth-order valence-electron chi connectivity index (χ4n) is 5.24. The minimum Gasteiger partial charge on any atom is -0.494 e. The van der Waals surface area contributed by atoms with Crippen LogP contribution in [0.3, 0.4) is 0 Å². The number of carbonyl (C=O) groups excluding carboxylic acids is 1. The van der Waals surface area contributed by atoms with E-state index < -0.39 is 11.9 Å². The highest BCUT2D eigenvalue weighted by atomic mass is 19.4. The van der Waals surface area contributed by atoms with Gasteiger partial charge >= 0.3 is 6.18 Å². The van der Waals surface area contributed by atoms with Gasteiger partial charge in [0.15, 0.2) is 11.5 Å². The highest BCUT2D eigenvalue weighted by molar-refractivity contribution is 5.98. The van der Waals surface area contributed by atoms with Crippen LogP contribution in [0.2, 0.25) is 0 Å². The van der Waals surface area contributed by atoms with Gasteiger partial charge in [0.1, 0.15) is 17.0 Å². The molecule has 0 aliphatic carbocycles. The van der Waals surface area contributed by atoms with E-state index in [0.717, 1.165) is 11.6 Å². The normalized spacial score (nSPS) is 15.6. The number of halogens is 3. The van der Waals surface area contributed by atoms with E-state index in [2.05, 4.69) is 27.1 Å². The summed E-state index contributed by atoms with van der Waals surface area (Å²) in [6.07, 6.45) is -1.31. The van der Waals surface area contributed by atoms with E-state index in [9.17, 15) is 18.0 Å². The molecule has 0 bridgehead atoms. The highest BCUT2D eigenvalue weighted by Crippen LogP contribution is 2.38. The number of hydrogen-bond donors (Lipinski definition) is 1. The largest absolute Gasteiger partial charge is 0.494 e. The van der Waals surface area contributed by atoms with Crippen LogP contribution in [0.5, 0.6) is 5.75 Å². The third-order valence-corrected chi connectivity index (χ3v) is 7.31. The number of aromatic nitrogens is 2. The first-order valence-corrected chi connectivity index (χ1v) is 12.7. The molecule has 2 N–H and O–H groups in total. The van der Waals surface area contributed by atoms with E-state index in [1.165, 1.54) is 19.2 Å². The molecule has 11 heteroatoms. The average molecular weight is 552 g/mol. The van der Waals surface area contributed by atoms with Crippen LogP contribution in [0, 0.1) is 0 Å². The van der Waals surface area contributed by atoms with E-state index in [0.29, 0.717) is 36.9 Å². The number of nitrogens with zero attached hydrogens (tertiary/aromatic N) is 4. The van der Waals surface area contributed by atoms with Crippen molar-refractivity contribution in [3.05, 3.63) is 77.3 Å². The Morgan fingerprint density at radius 3 is 2.48 bits per heavy atom. The number of fused-ring (bicyclic) bond motifs is 1. The number of carbonyl (C=O) groups is 1. The quantitative estimate of drug-likeness (QED) is 0.328. The van der Waals surface area contributed by atoms with E-state index in [-0.39, 0.29) is 46.5 Å². The summed E-state index contributed by atoms with van der Waals surface area (Å²) in [5.74, 6) is 0.101. The van der Waals surface area contributed by atoms with E-state index in [1.54, 1.807) is 18.0 Å². The molecule has 0 saturated carbocycles. The maximum absolute atomic E-state index is 13.6. The lowest BCUT2D eigenvalue weighted by molar-refractivity contribution is -0.140. The number of hydrogen-bond acceptors (Lipinski definition) is 7. The van der Waals surface area contributed by atoms with Gasteiger partial charge < -0.3 is 19.8 Å². The fraction of sp³-hybridized carbons (Fsp3) is 0.310. The molecule has 1 saturated heterocycles. The third kappa shape index (κ3) is 4.92. The van der Waals surface area contributed by atoms with Crippen LogP contribution in [-0.2, 0) is 18.1 Å². The molecule has 1 aliphatic heterocycles. The van der Waals surface area contributed by atoms with Crippen LogP contribution < -0.4 is 10.5 Å². The second-order valence-corrected chi connectivity index (χ2v) is 9.60. The van der Waals surface area contributed by atoms with Crippen molar-refractivity contribution in [3.8, 4) is 17.2 Å². The molecule has 1 aliphatic rings. The molecule has 1 amide bonds. The Morgan fingerprint density at radius 1 is 1.12 bits per heavy atom. The SMILES string of the molecule is CN=CC1(c2ccccc2)CCN(C(=O)c2nc(-c3ccc(OC)c4nc(C(F)(F)F)ccc34)oc2CN)CC1. The summed E-state index contributed by atoms with van der Waals surface area (Å²) < 4.78 is 51.1. The van der Waals surface area contributed by atoms with Crippen LogP contribution in [0.25, 0.3) is 22.4 Å². The van der Waals surface area contributed by atoms with Gasteiger partial charge in [-0.25, -0.2) is 9.97 Å². The zero-order chi connectivity index (χ0) is 28.5. The molecule has 2 aromatic carbocycles. The van der Waals surface area contributed by atoms with Crippen LogP contribution in [-0.4, -0.2) is 54.2 Å². The van der Waals surface area contributed by atoms with Crippen molar-refractivity contribution >= 4 is 23.0 Å². The molecule has 208 valence electrons. The Hall–Kier alpha value is -4.25. The maximum Gasteiger partial charge on any atom is 0.433 e. The molecule has 40 heavy (non-hydrogen) atoms. The summed E-state index contributed by atoms with van der Waals surface area (Å²) in [7, 11) is 3.09.